The predicted molar refractivity (Wildman–Crippen MR) is 110 cm³/mol. The molecule has 0 aliphatic carbocycles. The lowest BCUT2D eigenvalue weighted by Gasteiger charge is -2.22. The number of anilines is 1. The van der Waals surface area contributed by atoms with Crippen LogP contribution in [0.5, 0.6) is 0 Å². The highest BCUT2D eigenvalue weighted by molar-refractivity contribution is 7.22. The lowest BCUT2D eigenvalue weighted by Crippen LogP contribution is -2.36. The first kappa shape index (κ1) is 21.7. The quantitative estimate of drug-likeness (QED) is 0.441. The Morgan fingerprint density at radius 2 is 1.86 bits per heavy atom. The maximum Gasteiger partial charge on any atom is 0.269 e. The average Bonchev–Trinajstić information content (AvgIpc) is 3.07. The number of nitro groups is 1. The Morgan fingerprint density at radius 1 is 1.18 bits per heavy atom. The number of para-hydroxylation sites is 1. The van der Waals surface area contributed by atoms with Crippen LogP contribution >= 0.6 is 23.7 Å². The van der Waals surface area contributed by atoms with Crippen LogP contribution in [0.3, 0.4) is 0 Å². The Kier molecular flexibility index (Phi) is 7.00. The molecule has 2 aromatic carbocycles. The van der Waals surface area contributed by atoms with Gasteiger partial charge in [-0.25, -0.2) is 9.37 Å². The molecule has 0 spiro atoms. The van der Waals surface area contributed by atoms with Crippen molar-refractivity contribution in [2.75, 3.05) is 32.1 Å². The molecule has 0 unspecified atom stereocenters. The van der Waals surface area contributed by atoms with Crippen LogP contribution in [0.4, 0.5) is 15.2 Å². The molecular weight excluding hydrogens is 407 g/mol. The summed E-state index contributed by atoms with van der Waals surface area (Å²) < 4.78 is 14.6. The number of amides is 1. The maximum absolute atomic E-state index is 14.0. The standard InChI is InChI=1S/C18H17FN4O3S.ClH/c1-21(2)10-11-22(17(24)12-6-8-13(9-7-12)23(25)26)18-20-16-14(19)4-3-5-15(16)27-18;/h3-9H,10-11H2,1-2H3;1H. The summed E-state index contributed by atoms with van der Waals surface area (Å²) in [5.74, 6) is -0.781. The van der Waals surface area contributed by atoms with E-state index in [9.17, 15) is 19.3 Å². The summed E-state index contributed by atoms with van der Waals surface area (Å²) in [5, 5.41) is 11.2. The second kappa shape index (κ2) is 9.05. The minimum absolute atomic E-state index is 0. The molecule has 7 nitrogen and oxygen atoms in total. The molecule has 1 amide bonds. The van der Waals surface area contributed by atoms with Crippen molar-refractivity contribution in [1.29, 1.82) is 0 Å². The first-order chi connectivity index (χ1) is 12.9. The molecule has 0 saturated carbocycles. The van der Waals surface area contributed by atoms with Crippen LogP contribution in [0.25, 0.3) is 10.2 Å². The van der Waals surface area contributed by atoms with Gasteiger partial charge in [-0.1, -0.05) is 17.4 Å². The number of benzene rings is 2. The van der Waals surface area contributed by atoms with Crippen molar-refractivity contribution < 1.29 is 14.1 Å². The Bertz CT molecular complexity index is 994. The van der Waals surface area contributed by atoms with Crippen LogP contribution < -0.4 is 4.90 Å². The van der Waals surface area contributed by atoms with Crippen molar-refractivity contribution in [2.24, 2.45) is 0 Å². The predicted octanol–water partition coefficient (Wildman–Crippen LogP) is 3.97. The highest BCUT2D eigenvalue weighted by atomic mass is 35.5. The number of rotatable bonds is 6. The van der Waals surface area contributed by atoms with Crippen molar-refractivity contribution in [3.8, 4) is 0 Å². The summed E-state index contributed by atoms with van der Waals surface area (Å²) in [6, 6.07) is 10.1. The van der Waals surface area contributed by atoms with Crippen LogP contribution in [0, 0.1) is 15.9 Å². The van der Waals surface area contributed by atoms with Gasteiger partial charge < -0.3 is 4.90 Å². The van der Waals surface area contributed by atoms with Crippen LogP contribution in [-0.2, 0) is 0 Å². The van der Waals surface area contributed by atoms with Crippen LogP contribution in [0.15, 0.2) is 42.5 Å². The lowest BCUT2D eigenvalue weighted by atomic mass is 10.2. The van der Waals surface area contributed by atoms with E-state index in [4.69, 9.17) is 0 Å². The van der Waals surface area contributed by atoms with Crippen molar-refractivity contribution in [3.05, 3.63) is 64.0 Å². The fourth-order valence-electron chi connectivity index (χ4n) is 2.48. The fourth-order valence-corrected chi connectivity index (χ4v) is 3.49. The van der Waals surface area contributed by atoms with Crippen molar-refractivity contribution >= 4 is 50.7 Å². The fraction of sp³-hybridized carbons (Fsp3) is 0.222. The molecule has 0 N–H and O–H groups in total. The Balaban J connectivity index is 0.00000280. The van der Waals surface area contributed by atoms with Gasteiger partial charge in [0.2, 0.25) is 0 Å². The molecule has 1 aromatic heterocycles. The van der Waals surface area contributed by atoms with Gasteiger partial charge in [0.15, 0.2) is 5.13 Å². The van der Waals surface area contributed by atoms with Gasteiger partial charge in [0.05, 0.1) is 9.62 Å². The van der Waals surface area contributed by atoms with Crippen molar-refractivity contribution in [3.63, 3.8) is 0 Å². The van der Waals surface area contributed by atoms with E-state index in [1.165, 1.54) is 46.6 Å². The van der Waals surface area contributed by atoms with E-state index in [0.29, 0.717) is 28.5 Å². The highest BCUT2D eigenvalue weighted by Crippen LogP contribution is 2.31. The molecular formula is C18H18ClFN4O3S. The number of carbonyl (C=O) groups excluding carboxylic acids is 1. The van der Waals surface area contributed by atoms with Crippen LogP contribution in [0.2, 0.25) is 0 Å². The SMILES string of the molecule is CN(C)CCN(C(=O)c1ccc([N+](=O)[O-])cc1)c1nc2c(F)cccc2s1.Cl. The monoisotopic (exact) mass is 424 g/mol. The molecule has 0 bridgehead atoms. The smallest absolute Gasteiger partial charge is 0.269 e. The second-order valence-corrected chi connectivity index (χ2v) is 7.16. The molecule has 0 aliphatic rings. The number of hydrogen-bond acceptors (Lipinski definition) is 6. The van der Waals surface area contributed by atoms with E-state index in [1.54, 1.807) is 12.1 Å². The molecule has 28 heavy (non-hydrogen) atoms. The van der Waals surface area contributed by atoms with E-state index >= 15 is 0 Å². The largest absolute Gasteiger partial charge is 0.308 e. The first-order valence-corrected chi connectivity index (χ1v) is 8.94. The third kappa shape index (κ3) is 4.61. The summed E-state index contributed by atoms with van der Waals surface area (Å²) in [4.78, 5) is 31.0. The van der Waals surface area contributed by atoms with Crippen molar-refractivity contribution in [2.45, 2.75) is 0 Å². The number of hydrogen-bond donors (Lipinski definition) is 0. The number of aromatic nitrogens is 1. The average molecular weight is 425 g/mol. The molecule has 3 rings (SSSR count). The molecule has 0 radical (unpaired) electrons. The number of carbonyl (C=O) groups is 1. The second-order valence-electron chi connectivity index (χ2n) is 6.15. The number of thiazole rings is 1. The number of fused-ring (bicyclic) bond motifs is 1. The van der Waals surface area contributed by atoms with E-state index in [1.807, 2.05) is 19.0 Å². The summed E-state index contributed by atoms with van der Waals surface area (Å²) >= 11 is 1.23. The molecule has 10 heteroatoms. The number of nitro benzene ring substituents is 1. The van der Waals surface area contributed by atoms with Crippen LogP contribution in [-0.4, -0.2) is 47.9 Å². The number of likely N-dealkylation sites (N-methyl/N-ethyl adjacent to an activating group) is 1. The summed E-state index contributed by atoms with van der Waals surface area (Å²) in [6.45, 7) is 0.932. The molecule has 3 aromatic rings. The van der Waals surface area contributed by atoms with Crippen molar-refractivity contribution in [1.82, 2.24) is 9.88 Å². The van der Waals surface area contributed by atoms with Gasteiger partial charge in [0, 0.05) is 30.8 Å². The van der Waals surface area contributed by atoms with E-state index in [2.05, 4.69) is 4.98 Å². The normalized spacial score (nSPS) is 10.7. The van der Waals surface area contributed by atoms with Gasteiger partial charge >= 0.3 is 0 Å². The number of halogens is 2. The Labute approximate surface area is 171 Å². The zero-order valence-electron chi connectivity index (χ0n) is 15.2. The van der Waals surface area contributed by atoms with Crippen LogP contribution in [0.1, 0.15) is 10.4 Å². The third-order valence-corrected chi connectivity index (χ3v) is 4.97. The zero-order valence-corrected chi connectivity index (χ0v) is 16.8. The molecule has 0 atom stereocenters. The van der Waals surface area contributed by atoms with Gasteiger partial charge in [-0.3, -0.25) is 19.8 Å². The van der Waals surface area contributed by atoms with Gasteiger partial charge in [0.25, 0.3) is 11.6 Å². The Hall–Kier alpha value is -2.62. The van der Waals surface area contributed by atoms with E-state index in [-0.39, 0.29) is 29.5 Å². The molecule has 1 heterocycles. The van der Waals surface area contributed by atoms with E-state index in [0.717, 1.165) is 0 Å². The minimum atomic E-state index is -0.519. The Morgan fingerprint density at radius 3 is 2.43 bits per heavy atom. The zero-order chi connectivity index (χ0) is 19.6. The molecule has 148 valence electrons. The summed E-state index contributed by atoms with van der Waals surface area (Å²) in [7, 11) is 3.76. The van der Waals surface area contributed by atoms with E-state index < -0.39 is 10.7 Å². The maximum atomic E-state index is 14.0. The van der Waals surface area contributed by atoms with Gasteiger partial charge in [-0.05, 0) is 38.4 Å². The van der Waals surface area contributed by atoms with Gasteiger partial charge in [-0.2, -0.15) is 0 Å². The first-order valence-electron chi connectivity index (χ1n) is 8.13. The summed E-state index contributed by atoms with van der Waals surface area (Å²) in [6.07, 6.45) is 0. The molecule has 0 saturated heterocycles. The topological polar surface area (TPSA) is 79.6 Å². The third-order valence-electron chi connectivity index (χ3n) is 3.93. The number of non-ortho nitro benzene ring substituents is 1. The minimum Gasteiger partial charge on any atom is -0.308 e. The molecule has 0 fully saturated rings. The lowest BCUT2D eigenvalue weighted by molar-refractivity contribution is -0.384. The summed E-state index contributed by atoms with van der Waals surface area (Å²) in [5.41, 5.74) is 0.441. The highest BCUT2D eigenvalue weighted by Gasteiger charge is 2.22. The van der Waals surface area contributed by atoms with Gasteiger partial charge in [-0.15, -0.1) is 12.4 Å². The van der Waals surface area contributed by atoms with Gasteiger partial charge in [0.1, 0.15) is 11.3 Å². The molecule has 0 aliphatic heterocycles. The number of nitrogens with zero attached hydrogens (tertiary/aromatic N) is 4.